The fourth-order valence-electron chi connectivity index (χ4n) is 6.55. The van der Waals surface area contributed by atoms with Crippen LogP contribution in [0, 0.1) is 5.92 Å². The first-order valence-corrected chi connectivity index (χ1v) is 13.3. The van der Waals surface area contributed by atoms with Gasteiger partial charge in [-0.3, -0.25) is 4.79 Å². The second kappa shape index (κ2) is 9.16. The van der Waals surface area contributed by atoms with Gasteiger partial charge >= 0.3 is 6.09 Å². The molecule has 2 heterocycles. The molecule has 6 heteroatoms. The molecule has 0 bridgehead atoms. The molecule has 2 amide bonds. The molecule has 3 atom stereocenters. The summed E-state index contributed by atoms with van der Waals surface area (Å²) < 4.78 is 5.62. The normalized spacial score (nSPS) is 24.2. The fourth-order valence-corrected chi connectivity index (χ4v) is 6.87. The van der Waals surface area contributed by atoms with E-state index in [0.717, 1.165) is 24.8 Å². The third kappa shape index (κ3) is 4.44. The van der Waals surface area contributed by atoms with E-state index in [0.29, 0.717) is 25.4 Å². The molecule has 186 valence electrons. The summed E-state index contributed by atoms with van der Waals surface area (Å²) in [5.74, 6) is 0.810. The van der Waals surface area contributed by atoms with E-state index in [1.165, 1.54) is 11.1 Å². The number of fused-ring (bicyclic) bond motifs is 4. The van der Waals surface area contributed by atoms with Crippen LogP contribution in [0.25, 0.3) is 0 Å². The summed E-state index contributed by atoms with van der Waals surface area (Å²) >= 11 is 6.50. The second-order valence-corrected chi connectivity index (χ2v) is 11.6. The van der Waals surface area contributed by atoms with Crippen LogP contribution >= 0.6 is 11.6 Å². The van der Waals surface area contributed by atoms with Crippen molar-refractivity contribution in [1.29, 1.82) is 0 Å². The number of hydrogen-bond donors (Lipinski definition) is 0. The molecule has 5 nitrogen and oxygen atoms in total. The smallest absolute Gasteiger partial charge is 0.410 e. The number of benzene rings is 2. The van der Waals surface area contributed by atoms with Crippen molar-refractivity contribution in [3.05, 3.63) is 71.3 Å². The molecule has 0 N–H and O–H groups in total. The van der Waals surface area contributed by atoms with Crippen LogP contribution < -0.4 is 0 Å². The molecule has 0 saturated carbocycles. The average Bonchev–Trinajstić information content (AvgIpc) is 3.15. The fraction of sp³-hybridized carbons (Fsp3) is 0.517. The first-order valence-electron chi connectivity index (χ1n) is 12.7. The number of alkyl halides is 1. The summed E-state index contributed by atoms with van der Waals surface area (Å²) in [6.45, 7) is 7.06. The number of carbonyl (C=O) groups excluding carboxylic acids is 2. The van der Waals surface area contributed by atoms with Crippen LogP contribution in [0.5, 0.6) is 0 Å². The molecule has 2 aromatic carbocycles. The minimum atomic E-state index is -0.498. The minimum absolute atomic E-state index is 0.0181. The van der Waals surface area contributed by atoms with Gasteiger partial charge in [0.05, 0.1) is 12.1 Å². The molecule has 0 aromatic heterocycles. The van der Waals surface area contributed by atoms with Crippen LogP contribution in [0.4, 0.5) is 4.79 Å². The maximum Gasteiger partial charge on any atom is 0.410 e. The van der Waals surface area contributed by atoms with Crippen molar-refractivity contribution >= 4 is 23.6 Å². The number of piperidine rings is 1. The van der Waals surface area contributed by atoms with Gasteiger partial charge in [-0.25, -0.2) is 4.79 Å². The Bertz CT molecular complexity index is 1090. The number of hydrogen-bond acceptors (Lipinski definition) is 3. The van der Waals surface area contributed by atoms with Gasteiger partial charge in [-0.05, 0) is 68.1 Å². The highest BCUT2D eigenvalue weighted by atomic mass is 35.5. The van der Waals surface area contributed by atoms with Crippen molar-refractivity contribution in [2.24, 2.45) is 5.92 Å². The van der Waals surface area contributed by atoms with Crippen LogP contribution in [-0.4, -0.2) is 46.4 Å². The van der Waals surface area contributed by atoms with Gasteiger partial charge in [0.2, 0.25) is 5.91 Å². The molecule has 5 rings (SSSR count). The Morgan fingerprint density at radius 1 is 1.09 bits per heavy atom. The van der Waals surface area contributed by atoms with Crippen LogP contribution in [0.15, 0.2) is 54.6 Å². The van der Waals surface area contributed by atoms with Crippen LogP contribution in [0.1, 0.15) is 75.2 Å². The second-order valence-electron chi connectivity index (χ2n) is 11.3. The Labute approximate surface area is 213 Å². The summed E-state index contributed by atoms with van der Waals surface area (Å²) in [6.07, 6.45) is 3.06. The number of carbonyl (C=O) groups is 2. The molecule has 1 spiro atoms. The van der Waals surface area contributed by atoms with E-state index in [1.54, 1.807) is 0 Å². The van der Waals surface area contributed by atoms with Gasteiger partial charge < -0.3 is 14.5 Å². The van der Waals surface area contributed by atoms with E-state index in [1.807, 2.05) is 43.9 Å². The van der Waals surface area contributed by atoms with E-state index in [9.17, 15) is 9.59 Å². The van der Waals surface area contributed by atoms with E-state index >= 15 is 0 Å². The van der Waals surface area contributed by atoms with Gasteiger partial charge in [0.1, 0.15) is 5.60 Å². The Hall–Kier alpha value is -2.53. The standard InChI is InChI=1S/C29H35ClN2O3/c1-28(2,3)35-27(34)31-15-13-29(14-16-31)18-21-17-25(33)32(24(19-30)20-9-5-4-6-10-20)26(21)22-11-7-8-12-23(22)29/h4-12,21,24,26H,13-19H2,1-3H3/t21-,24+,26-/m0/s1. The zero-order chi connectivity index (χ0) is 24.8. The number of rotatable bonds is 3. The number of amides is 2. The van der Waals surface area contributed by atoms with Gasteiger partial charge in [0.25, 0.3) is 0 Å². The predicted octanol–water partition coefficient (Wildman–Crippen LogP) is 6.23. The van der Waals surface area contributed by atoms with E-state index < -0.39 is 5.60 Å². The Morgan fingerprint density at radius 2 is 1.74 bits per heavy atom. The van der Waals surface area contributed by atoms with Crippen molar-refractivity contribution in [2.45, 2.75) is 69.6 Å². The van der Waals surface area contributed by atoms with Crippen molar-refractivity contribution in [1.82, 2.24) is 9.80 Å². The Kier molecular flexibility index (Phi) is 6.33. The molecule has 0 unspecified atom stereocenters. The van der Waals surface area contributed by atoms with Crippen LogP contribution in [0.2, 0.25) is 0 Å². The van der Waals surface area contributed by atoms with E-state index in [2.05, 4.69) is 41.3 Å². The average molecular weight is 495 g/mol. The zero-order valence-electron chi connectivity index (χ0n) is 20.9. The molecule has 3 aliphatic rings. The first-order chi connectivity index (χ1) is 16.7. The lowest BCUT2D eigenvalue weighted by Gasteiger charge is -2.50. The Morgan fingerprint density at radius 3 is 2.40 bits per heavy atom. The van der Waals surface area contributed by atoms with Gasteiger partial charge in [0.15, 0.2) is 0 Å². The Balaban J connectivity index is 1.44. The number of nitrogens with zero attached hydrogens (tertiary/aromatic N) is 2. The maximum atomic E-state index is 13.5. The molecule has 2 aromatic rings. The molecular weight excluding hydrogens is 460 g/mol. The van der Waals surface area contributed by atoms with Gasteiger partial charge in [-0.1, -0.05) is 54.6 Å². The van der Waals surface area contributed by atoms with Gasteiger partial charge in [0, 0.05) is 25.4 Å². The van der Waals surface area contributed by atoms with E-state index in [-0.39, 0.29) is 35.4 Å². The lowest BCUT2D eigenvalue weighted by atomic mass is 9.60. The summed E-state index contributed by atoms with van der Waals surface area (Å²) in [5.41, 5.74) is 3.16. The van der Waals surface area contributed by atoms with Crippen molar-refractivity contribution in [3.8, 4) is 0 Å². The highest BCUT2D eigenvalue weighted by Crippen LogP contribution is 2.57. The first kappa shape index (κ1) is 24.2. The lowest BCUT2D eigenvalue weighted by Crippen LogP contribution is -2.50. The van der Waals surface area contributed by atoms with Crippen molar-refractivity contribution in [3.63, 3.8) is 0 Å². The quantitative estimate of drug-likeness (QED) is 0.475. The molecular formula is C29H35ClN2O3. The molecule has 1 aliphatic carbocycles. The third-order valence-electron chi connectivity index (χ3n) is 8.01. The number of halogens is 1. The lowest BCUT2D eigenvalue weighted by molar-refractivity contribution is -0.131. The van der Waals surface area contributed by atoms with Crippen LogP contribution in [-0.2, 0) is 14.9 Å². The minimum Gasteiger partial charge on any atom is -0.444 e. The van der Waals surface area contributed by atoms with Crippen LogP contribution in [0.3, 0.4) is 0 Å². The SMILES string of the molecule is CC(C)(C)OC(=O)N1CCC2(CC1)C[C@@H]1CC(=O)N([C@H](CCl)c3ccccc3)[C@@H]1c1ccccc12. The predicted molar refractivity (Wildman–Crippen MR) is 137 cm³/mol. The number of likely N-dealkylation sites (tertiary alicyclic amines) is 2. The maximum absolute atomic E-state index is 13.5. The highest BCUT2D eigenvalue weighted by molar-refractivity contribution is 6.18. The van der Waals surface area contributed by atoms with Crippen molar-refractivity contribution < 1.29 is 14.3 Å². The third-order valence-corrected chi connectivity index (χ3v) is 8.31. The molecule has 0 radical (unpaired) electrons. The summed E-state index contributed by atoms with van der Waals surface area (Å²) in [5, 5.41) is 0. The molecule has 2 aliphatic heterocycles. The molecule has 2 fully saturated rings. The largest absolute Gasteiger partial charge is 0.444 e. The topological polar surface area (TPSA) is 49.9 Å². The highest BCUT2D eigenvalue weighted by Gasteiger charge is 2.53. The summed E-state index contributed by atoms with van der Waals surface area (Å²) in [4.78, 5) is 30.1. The summed E-state index contributed by atoms with van der Waals surface area (Å²) in [7, 11) is 0. The van der Waals surface area contributed by atoms with E-state index in [4.69, 9.17) is 16.3 Å². The zero-order valence-corrected chi connectivity index (χ0v) is 21.6. The number of ether oxygens (including phenoxy) is 1. The molecule has 35 heavy (non-hydrogen) atoms. The molecule has 2 saturated heterocycles. The van der Waals surface area contributed by atoms with Crippen molar-refractivity contribution in [2.75, 3.05) is 19.0 Å². The summed E-state index contributed by atoms with van der Waals surface area (Å²) in [6, 6.07) is 18.7. The van der Waals surface area contributed by atoms with Gasteiger partial charge in [-0.2, -0.15) is 0 Å². The monoisotopic (exact) mass is 494 g/mol. The van der Waals surface area contributed by atoms with Gasteiger partial charge in [-0.15, -0.1) is 11.6 Å².